The van der Waals surface area contributed by atoms with Crippen LogP contribution in [-0.2, 0) is 0 Å². The van der Waals surface area contributed by atoms with E-state index in [0.717, 1.165) is 16.9 Å². The summed E-state index contributed by atoms with van der Waals surface area (Å²) >= 11 is 6.17. The summed E-state index contributed by atoms with van der Waals surface area (Å²) in [5, 5.41) is 10.8. The van der Waals surface area contributed by atoms with Crippen LogP contribution >= 0.6 is 11.6 Å². The Morgan fingerprint density at radius 3 is 2.44 bits per heavy atom. The molecule has 1 aliphatic rings. The Labute approximate surface area is 111 Å². The Morgan fingerprint density at radius 1 is 1.00 bits per heavy atom. The molecular formula is C15H13ClO2. The summed E-state index contributed by atoms with van der Waals surface area (Å²) < 4.78 is 5.92. The van der Waals surface area contributed by atoms with E-state index in [4.69, 9.17) is 16.3 Å². The standard InChI is InChI=1S/C15H13ClO2/c16-12-7-3-1-5-10(12)15-9-13(17)11-6-2-4-8-14(11)18-15/h1-8,13,15,17H,9H2/t13-,15?/m0/s1. The molecule has 0 fully saturated rings. The molecule has 0 amide bonds. The summed E-state index contributed by atoms with van der Waals surface area (Å²) in [4.78, 5) is 0. The molecule has 3 heteroatoms. The normalized spacial score (nSPS) is 22.1. The van der Waals surface area contributed by atoms with Gasteiger partial charge in [0.05, 0.1) is 6.10 Å². The third kappa shape index (κ3) is 1.98. The van der Waals surface area contributed by atoms with Crippen molar-refractivity contribution in [2.75, 3.05) is 0 Å². The van der Waals surface area contributed by atoms with Gasteiger partial charge in [-0.3, -0.25) is 0 Å². The van der Waals surface area contributed by atoms with Gasteiger partial charge in [-0.05, 0) is 12.1 Å². The van der Waals surface area contributed by atoms with Crippen molar-refractivity contribution < 1.29 is 9.84 Å². The average Bonchev–Trinajstić information content (AvgIpc) is 2.39. The monoisotopic (exact) mass is 260 g/mol. The summed E-state index contributed by atoms with van der Waals surface area (Å²) in [7, 11) is 0. The summed E-state index contributed by atoms with van der Waals surface area (Å²) in [5.74, 6) is 0.737. The maximum atomic E-state index is 10.2. The molecule has 0 aromatic heterocycles. The van der Waals surface area contributed by atoms with Crippen LogP contribution < -0.4 is 4.74 Å². The van der Waals surface area contributed by atoms with Crippen LogP contribution in [0.1, 0.15) is 29.8 Å². The molecule has 0 aliphatic carbocycles. The van der Waals surface area contributed by atoms with Crippen molar-refractivity contribution in [2.24, 2.45) is 0 Å². The van der Waals surface area contributed by atoms with Crippen molar-refractivity contribution in [3.8, 4) is 5.75 Å². The van der Waals surface area contributed by atoms with Crippen LogP contribution in [0.2, 0.25) is 5.02 Å². The second kappa shape index (κ2) is 4.63. The number of halogens is 1. The predicted octanol–water partition coefficient (Wildman–Crippen LogP) is 3.90. The van der Waals surface area contributed by atoms with Crippen LogP contribution in [0.3, 0.4) is 0 Å². The highest BCUT2D eigenvalue weighted by molar-refractivity contribution is 6.31. The minimum absolute atomic E-state index is 0.191. The molecule has 0 saturated carbocycles. The van der Waals surface area contributed by atoms with E-state index in [1.807, 2.05) is 48.5 Å². The summed E-state index contributed by atoms with van der Waals surface area (Å²) in [6.45, 7) is 0. The molecule has 1 heterocycles. The van der Waals surface area contributed by atoms with E-state index in [-0.39, 0.29) is 6.10 Å². The Hall–Kier alpha value is -1.51. The largest absolute Gasteiger partial charge is 0.485 e. The van der Waals surface area contributed by atoms with Gasteiger partial charge in [-0.2, -0.15) is 0 Å². The second-order valence-electron chi connectivity index (χ2n) is 4.42. The van der Waals surface area contributed by atoms with Crippen LogP contribution in [0.5, 0.6) is 5.75 Å². The lowest BCUT2D eigenvalue weighted by molar-refractivity contribution is 0.0658. The van der Waals surface area contributed by atoms with Crippen LogP contribution in [0.4, 0.5) is 0 Å². The van der Waals surface area contributed by atoms with Gasteiger partial charge in [0, 0.05) is 22.6 Å². The van der Waals surface area contributed by atoms with E-state index in [2.05, 4.69) is 0 Å². The van der Waals surface area contributed by atoms with Crippen molar-refractivity contribution in [3.05, 3.63) is 64.7 Å². The molecule has 2 atom stereocenters. The number of rotatable bonds is 1. The lowest BCUT2D eigenvalue weighted by Crippen LogP contribution is -2.19. The highest BCUT2D eigenvalue weighted by atomic mass is 35.5. The highest BCUT2D eigenvalue weighted by Crippen LogP contribution is 2.41. The van der Waals surface area contributed by atoms with Gasteiger partial charge < -0.3 is 9.84 Å². The molecule has 0 saturated heterocycles. The summed E-state index contributed by atoms with van der Waals surface area (Å²) in [6.07, 6.45) is -0.166. The fraction of sp³-hybridized carbons (Fsp3) is 0.200. The number of para-hydroxylation sites is 1. The van der Waals surface area contributed by atoms with Gasteiger partial charge in [0.15, 0.2) is 0 Å². The molecule has 1 N–H and O–H groups in total. The van der Waals surface area contributed by atoms with E-state index in [1.54, 1.807) is 0 Å². The Kier molecular flexibility index (Phi) is 2.98. The third-order valence-corrected chi connectivity index (χ3v) is 3.58. The molecule has 1 unspecified atom stereocenters. The zero-order valence-electron chi connectivity index (χ0n) is 9.71. The summed E-state index contributed by atoms with van der Waals surface area (Å²) in [6, 6.07) is 15.2. The van der Waals surface area contributed by atoms with Crippen molar-refractivity contribution in [3.63, 3.8) is 0 Å². The zero-order valence-corrected chi connectivity index (χ0v) is 10.5. The first-order chi connectivity index (χ1) is 8.75. The minimum atomic E-state index is -0.503. The number of hydrogen-bond donors (Lipinski definition) is 1. The molecule has 2 nitrogen and oxygen atoms in total. The van der Waals surface area contributed by atoms with E-state index >= 15 is 0 Å². The fourth-order valence-electron chi connectivity index (χ4n) is 2.32. The van der Waals surface area contributed by atoms with Gasteiger partial charge in [-0.15, -0.1) is 0 Å². The lowest BCUT2D eigenvalue weighted by Gasteiger charge is -2.30. The van der Waals surface area contributed by atoms with E-state index in [9.17, 15) is 5.11 Å². The number of ether oxygens (including phenoxy) is 1. The third-order valence-electron chi connectivity index (χ3n) is 3.24. The first-order valence-corrected chi connectivity index (χ1v) is 6.31. The van der Waals surface area contributed by atoms with E-state index < -0.39 is 6.10 Å². The Morgan fingerprint density at radius 2 is 1.67 bits per heavy atom. The van der Waals surface area contributed by atoms with Gasteiger partial charge in [0.1, 0.15) is 11.9 Å². The maximum Gasteiger partial charge on any atom is 0.128 e. The van der Waals surface area contributed by atoms with Gasteiger partial charge in [-0.25, -0.2) is 0 Å². The smallest absolute Gasteiger partial charge is 0.128 e. The molecule has 92 valence electrons. The van der Waals surface area contributed by atoms with Gasteiger partial charge in [0.2, 0.25) is 0 Å². The molecule has 2 aromatic carbocycles. The van der Waals surface area contributed by atoms with E-state index in [0.29, 0.717) is 11.4 Å². The molecule has 2 aromatic rings. The topological polar surface area (TPSA) is 29.5 Å². The van der Waals surface area contributed by atoms with Gasteiger partial charge >= 0.3 is 0 Å². The number of aliphatic hydroxyl groups excluding tert-OH is 1. The first kappa shape index (κ1) is 11.6. The molecule has 18 heavy (non-hydrogen) atoms. The summed E-state index contributed by atoms with van der Waals surface area (Å²) in [5.41, 5.74) is 1.77. The quantitative estimate of drug-likeness (QED) is 0.843. The molecular weight excluding hydrogens is 248 g/mol. The predicted molar refractivity (Wildman–Crippen MR) is 70.8 cm³/mol. The van der Waals surface area contributed by atoms with Crippen LogP contribution in [-0.4, -0.2) is 5.11 Å². The van der Waals surface area contributed by atoms with Gasteiger partial charge in [0.25, 0.3) is 0 Å². The van der Waals surface area contributed by atoms with Crippen molar-refractivity contribution in [1.29, 1.82) is 0 Å². The molecule has 0 spiro atoms. The van der Waals surface area contributed by atoms with Crippen molar-refractivity contribution >= 4 is 11.6 Å². The second-order valence-corrected chi connectivity index (χ2v) is 4.82. The van der Waals surface area contributed by atoms with Crippen LogP contribution in [0.15, 0.2) is 48.5 Å². The number of benzene rings is 2. The molecule has 1 aliphatic heterocycles. The molecule has 3 rings (SSSR count). The Bertz CT molecular complexity index is 568. The van der Waals surface area contributed by atoms with Crippen LogP contribution in [0, 0.1) is 0 Å². The number of fused-ring (bicyclic) bond motifs is 1. The average molecular weight is 261 g/mol. The Balaban J connectivity index is 1.97. The molecule has 0 radical (unpaired) electrons. The highest BCUT2D eigenvalue weighted by Gasteiger charge is 2.28. The van der Waals surface area contributed by atoms with Crippen molar-refractivity contribution in [2.45, 2.75) is 18.6 Å². The van der Waals surface area contributed by atoms with Gasteiger partial charge in [-0.1, -0.05) is 48.0 Å². The van der Waals surface area contributed by atoms with Crippen LogP contribution in [0.25, 0.3) is 0 Å². The lowest BCUT2D eigenvalue weighted by atomic mass is 9.95. The van der Waals surface area contributed by atoms with Crippen molar-refractivity contribution in [1.82, 2.24) is 0 Å². The number of hydrogen-bond acceptors (Lipinski definition) is 2. The number of aliphatic hydroxyl groups is 1. The molecule has 0 bridgehead atoms. The first-order valence-electron chi connectivity index (χ1n) is 5.94. The minimum Gasteiger partial charge on any atom is -0.485 e. The van der Waals surface area contributed by atoms with E-state index in [1.165, 1.54) is 0 Å². The zero-order chi connectivity index (χ0) is 12.5. The SMILES string of the molecule is O[C@H]1CC(c2ccccc2Cl)Oc2ccccc21. The maximum absolute atomic E-state index is 10.2. The fourth-order valence-corrected chi connectivity index (χ4v) is 2.58.